The first-order valence-corrected chi connectivity index (χ1v) is 7.54. The second kappa shape index (κ2) is 5.30. The number of nitrogens with two attached hydrogens (primary N) is 1. The van der Waals surface area contributed by atoms with E-state index in [0.29, 0.717) is 5.41 Å². The van der Waals surface area contributed by atoms with Gasteiger partial charge in [-0.15, -0.1) is 0 Å². The molecule has 0 amide bonds. The van der Waals surface area contributed by atoms with E-state index in [0.717, 1.165) is 25.6 Å². The number of hydrogen-bond acceptors (Lipinski definition) is 2. The fraction of sp³-hybridized carbons (Fsp3) is 0.917. The molecule has 0 unspecified atom stereocenters. The van der Waals surface area contributed by atoms with E-state index in [1.807, 2.05) is 11.8 Å². The molecule has 16 heavy (non-hydrogen) atoms. The molecule has 0 aromatic heterocycles. The van der Waals surface area contributed by atoms with Crippen LogP contribution in [0.25, 0.3) is 0 Å². The van der Waals surface area contributed by atoms with Gasteiger partial charge in [-0.1, -0.05) is 13.3 Å². The molecular formula is C12H23N3S. The van der Waals surface area contributed by atoms with Gasteiger partial charge in [0.1, 0.15) is 0 Å². The fourth-order valence-corrected chi connectivity index (χ4v) is 3.24. The molecule has 1 aliphatic carbocycles. The number of nitrogens with zero attached hydrogens (tertiary/aromatic N) is 2. The molecule has 0 aromatic carbocycles. The highest BCUT2D eigenvalue weighted by atomic mass is 32.2. The van der Waals surface area contributed by atoms with Crippen molar-refractivity contribution in [2.75, 3.05) is 31.1 Å². The van der Waals surface area contributed by atoms with Crippen molar-refractivity contribution in [3.05, 3.63) is 0 Å². The van der Waals surface area contributed by atoms with Crippen LogP contribution in [-0.4, -0.2) is 42.0 Å². The number of aliphatic imine (C=N–C) groups is 1. The Balaban J connectivity index is 1.81. The molecule has 2 aliphatic rings. The van der Waals surface area contributed by atoms with E-state index in [1.165, 1.54) is 37.2 Å². The lowest BCUT2D eigenvalue weighted by atomic mass is 10.0. The third kappa shape index (κ3) is 3.06. The van der Waals surface area contributed by atoms with Crippen molar-refractivity contribution >= 4 is 17.7 Å². The van der Waals surface area contributed by atoms with Gasteiger partial charge in [-0.05, 0) is 24.7 Å². The highest BCUT2D eigenvalue weighted by Crippen LogP contribution is 2.49. The Labute approximate surface area is 103 Å². The first-order chi connectivity index (χ1) is 7.76. The van der Waals surface area contributed by atoms with E-state index in [9.17, 15) is 0 Å². The summed E-state index contributed by atoms with van der Waals surface area (Å²) in [5.41, 5.74) is 6.58. The van der Waals surface area contributed by atoms with Crippen molar-refractivity contribution in [1.29, 1.82) is 0 Å². The maximum atomic E-state index is 6.05. The van der Waals surface area contributed by atoms with Crippen LogP contribution in [0, 0.1) is 5.41 Å². The van der Waals surface area contributed by atoms with E-state index in [2.05, 4.69) is 16.8 Å². The van der Waals surface area contributed by atoms with Crippen LogP contribution in [0.15, 0.2) is 4.99 Å². The Morgan fingerprint density at radius 3 is 2.62 bits per heavy atom. The predicted molar refractivity (Wildman–Crippen MR) is 72.0 cm³/mol. The van der Waals surface area contributed by atoms with Gasteiger partial charge in [0.2, 0.25) is 0 Å². The molecule has 1 aliphatic heterocycles. The monoisotopic (exact) mass is 241 g/mol. The third-order valence-electron chi connectivity index (χ3n) is 3.65. The third-order valence-corrected chi connectivity index (χ3v) is 4.59. The van der Waals surface area contributed by atoms with Crippen LogP contribution < -0.4 is 5.73 Å². The van der Waals surface area contributed by atoms with Crippen LogP contribution >= 0.6 is 11.8 Å². The van der Waals surface area contributed by atoms with Gasteiger partial charge in [0.25, 0.3) is 0 Å². The van der Waals surface area contributed by atoms with Crippen molar-refractivity contribution in [2.24, 2.45) is 16.1 Å². The summed E-state index contributed by atoms with van der Waals surface area (Å²) in [6.45, 7) is 5.35. The largest absolute Gasteiger partial charge is 0.370 e. The Morgan fingerprint density at radius 2 is 2.06 bits per heavy atom. The maximum absolute atomic E-state index is 6.05. The molecule has 2 fully saturated rings. The average Bonchev–Trinajstić information content (AvgIpc) is 3.08. The highest BCUT2D eigenvalue weighted by molar-refractivity contribution is 7.99. The van der Waals surface area contributed by atoms with Gasteiger partial charge in [0.15, 0.2) is 5.96 Å². The molecule has 0 spiro atoms. The fourth-order valence-electron chi connectivity index (χ4n) is 2.34. The number of hydrogen-bond donors (Lipinski definition) is 1. The second-order valence-corrected chi connectivity index (χ2v) is 6.25. The van der Waals surface area contributed by atoms with Crippen LogP contribution in [-0.2, 0) is 0 Å². The summed E-state index contributed by atoms with van der Waals surface area (Å²) in [6, 6.07) is 0. The molecule has 2 N–H and O–H groups in total. The molecule has 1 saturated carbocycles. The summed E-state index contributed by atoms with van der Waals surface area (Å²) in [5.74, 6) is 3.16. The van der Waals surface area contributed by atoms with Gasteiger partial charge in [-0.25, -0.2) is 0 Å². The lowest BCUT2D eigenvalue weighted by molar-refractivity contribution is 0.439. The number of guanidine groups is 1. The van der Waals surface area contributed by atoms with Crippen LogP contribution in [0.2, 0.25) is 0 Å². The zero-order valence-electron chi connectivity index (χ0n) is 10.2. The van der Waals surface area contributed by atoms with Crippen molar-refractivity contribution in [3.8, 4) is 0 Å². The maximum Gasteiger partial charge on any atom is 0.191 e. The number of rotatable bonds is 4. The lowest BCUT2D eigenvalue weighted by Gasteiger charge is -2.27. The normalized spacial score (nSPS) is 24.6. The minimum absolute atomic E-state index is 0.532. The minimum Gasteiger partial charge on any atom is -0.370 e. The van der Waals surface area contributed by atoms with E-state index in [4.69, 9.17) is 5.73 Å². The Morgan fingerprint density at radius 1 is 1.38 bits per heavy atom. The summed E-state index contributed by atoms with van der Waals surface area (Å²) in [5, 5.41) is 0. The molecule has 1 saturated heterocycles. The molecule has 2 rings (SSSR count). The summed E-state index contributed by atoms with van der Waals surface area (Å²) in [6.07, 6.45) is 5.30. The van der Waals surface area contributed by atoms with Crippen molar-refractivity contribution in [2.45, 2.75) is 32.6 Å². The summed E-state index contributed by atoms with van der Waals surface area (Å²) in [7, 11) is 0. The van der Waals surface area contributed by atoms with E-state index in [-0.39, 0.29) is 0 Å². The summed E-state index contributed by atoms with van der Waals surface area (Å²) in [4.78, 5) is 6.85. The van der Waals surface area contributed by atoms with Gasteiger partial charge in [0.05, 0.1) is 0 Å². The molecule has 0 atom stereocenters. The summed E-state index contributed by atoms with van der Waals surface area (Å²) < 4.78 is 0. The van der Waals surface area contributed by atoms with Crippen LogP contribution in [0.1, 0.15) is 32.6 Å². The Kier molecular flexibility index (Phi) is 4.00. The van der Waals surface area contributed by atoms with Crippen LogP contribution in [0.4, 0.5) is 0 Å². The van der Waals surface area contributed by atoms with Gasteiger partial charge in [0, 0.05) is 31.1 Å². The van der Waals surface area contributed by atoms with Crippen molar-refractivity contribution in [1.82, 2.24) is 4.90 Å². The second-order valence-electron chi connectivity index (χ2n) is 5.02. The predicted octanol–water partition coefficient (Wildman–Crippen LogP) is 1.93. The highest BCUT2D eigenvalue weighted by Gasteiger charge is 2.41. The quantitative estimate of drug-likeness (QED) is 0.604. The first kappa shape index (κ1) is 12.1. The number of thioether (sulfide) groups is 1. The van der Waals surface area contributed by atoms with Gasteiger partial charge < -0.3 is 10.6 Å². The van der Waals surface area contributed by atoms with E-state index >= 15 is 0 Å². The van der Waals surface area contributed by atoms with Gasteiger partial charge >= 0.3 is 0 Å². The standard InChI is InChI=1S/C12H23N3S/c1-2-3-12(4-5-12)10-14-11(13)15-6-8-16-9-7-15/h2-10H2,1H3,(H2,13,14). The minimum atomic E-state index is 0.532. The molecule has 1 heterocycles. The molecule has 0 bridgehead atoms. The first-order valence-electron chi connectivity index (χ1n) is 6.38. The SMILES string of the molecule is CCCC1(CN=C(N)N2CCSCC2)CC1. The summed E-state index contributed by atoms with van der Waals surface area (Å²) >= 11 is 2.01. The Bertz CT molecular complexity index is 255. The van der Waals surface area contributed by atoms with E-state index < -0.39 is 0 Å². The smallest absolute Gasteiger partial charge is 0.191 e. The van der Waals surface area contributed by atoms with Gasteiger partial charge in [-0.2, -0.15) is 11.8 Å². The van der Waals surface area contributed by atoms with Crippen molar-refractivity contribution in [3.63, 3.8) is 0 Å². The van der Waals surface area contributed by atoms with E-state index in [1.54, 1.807) is 0 Å². The molecule has 0 radical (unpaired) electrons. The van der Waals surface area contributed by atoms with Crippen molar-refractivity contribution < 1.29 is 0 Å². The lowest BCUT2D eigenvalue weighted by Crippen LogP contribution is -2.43. The molecular weight excluding hydrogens is 218 g/mol. The zero-order chi connectivity index (χ0) is 11.4. The Hall–Kier alpha value is -0.380. The zero-order valence-corrected chi connectivity index (χ0v) is 11.1. The topological polar surface area (TPSA) is 41.6 Å². The van der Waals surface area contributed by atoms with Crippen LogP contribution in [0.5, 0.6) is 0 Å². The molecule has 4 heteroatoms. The molecule has 0 aromatic rings. The molecule has 3 nitrogen and oxygen atoms in total. The van der Waals surface area contributed by atoms with Crippen LogP contribution in [0.3, 0.4) is 0 Å². The average molecular weight is 241 g/mol. The van der Waals surface area contributed by atoms with Gasteiger partial charge in [-0.3, -0.25) is 4.99 Å². The molecule has 92 valence electrons.